The van der Waals surface area contributed by atoms with Crippen molar-refractivity contribution < 1.29 is 9.53 Å². The molecule has 100 valence electrons. The molecule has 0 bridgehead atoms. The first-order valence-electron chi connectivity index (χ1n) is 5.83. The van der Waals surface area contributed by atoms with Crippen molar-refractivity contribution in [1.82, 2.24) is 0 Å². The number of nitrogens with one attached hydrogen (secondary N) is 1. The maximum atomic E-state index is 11.6. The fourth-order valence-corrected chi connectivity index (χ4v) is 1.92. The normalized spacial score (nSPS) is 11.9. The van der Waals surface area contributed by atoms with Gasteiger partial charge in [0, 0.05) is 11.8 Å². The van der Waals surface area contributed by atoms with E-state index in [0.29, 0.717) is 22.2 Å². The van der Waals surface area contributed by atoms with Crippen LogP contribution in [-0.2, 0) is 4.74 Å². The van der Waals surface area contributed by atoms with E-state index in [0.717, 1.165) is 13.0 Å². The topological polar surface area (TPSA) is 64.3 Å². The molecular formula is C13H20N2O2S. The van der Waals surface area contributed by atoms with Crippen molar-refractivity contribution in [2.24, 2.45) is 0 Å². The SMILES string of the molecule is COC(=O)c1cccc(N)c1NCCC(C)SC. The average molecular weight is 268 g/mol. The minimum absolute atomic E-state index is 0.372. The molecule has 0 aromatic heterocycles. The third-order valence-corrected chi connectivity index (χ3v) is 3.80. The second-order valence-corrected chi connectivity index (χ2v) is 5.30. The Kier molecular flexibility index (Phi) is 5.85. The predicted molar refractivity (Wildman–Crippen MR) is 78.3 cm³/mol. The molecule has 0 radical (unpaired) electrons. The predicted octanol–water partition coefficient (Wildman–Crippen LogP) is 2.61. The highest BCUT2D eigenvalue weighted by Crippen LogP contribution is 2.24. The molecule has 0 amide bonds. The summed E-state index contributed by atoms with van der Waals surface area (Å²) in [7, 11) is 1.37. The summed E-state index contributed by atoms with van der Waals surface area (Å²) in [6.45, 7) is 2.95. The largest absolute Gasteiger partial charge is 0.465 e. The molecule has 4 nitrogen and oxygen atoms in total. The van der Waals surface area contributed by atoms with Gasteiger partial charge in [-0.3, -0.25) is 0 Å². The molecule has 0 fully saturated rings. The molecule has 0 aliphatic carbocycles. The lowest BCUT2D eigenvalue weighted by Crippen LogP contribution is -2.13. The molecule has 0 aliphatic heterocycles. The Balaban J connectivity index is 2.77. The van der Waals surface area contributed by atoms with Crippen LogP contribution in [0.2, 0.25) is 0 Å². The Hall–Kier alpha value is -1.36. The Morgan fingerprint density at radius 3 is 2.89 bits per heavy atom. The summed E-state index contributed by atoms with van der Waals surface area (Å²) in [6.07, 6.45) is 3.09. The first kappa shape index (κ1) is 14.7. The van der Waals surface area contributed by atoms with Gasteiger partial charge in [0.05, 0.1) is 24.0 Å². The molecule has 5 heteroatoms. The van der Waals surface area contributed by atoms with E-state index in [-0.39, 0.29) is 5.97 Å². The molecule has 1 rings (SSSR count). The fraction of sp³-hybridized carbons (Fsp3) is 0.462. The Bertz CT molecular complexity index is 410. The molecule has 1 atom stereocenters. The number of hydrogen-bond donors (Lipinski definition) is 2. The van der Waals surface area contributed by atoms with Crippen molar-refractivity contribution in [3.8, 4) is 0 Å². The molecule has 1 aromatic rings. The summed E-state index contributed by atoms with van der Waals surface area (Å²) in [5.41, 5.74) is 7.60. The molecule has 0 heterocycles. The number of nitrogen functional groups attached to an aromatic ring is 1. The first-order valence-corrected chi connectivity index (χ1v) is 7.12. The first-order chi connectivity index (χ1) is 8.60. The van der Waals surface area contributed by atoms with Crippen molar-refractivity contribution in [2.75, 3.05) is 31.0 Å². The third kappa shape index (κ3) is 3.84. The van der Waals surface area contributed by atoms with Gasteiger partial charge in [-0.15, -0.1) is 0 Å². The van der Waals surface area contributed by atoms with Crippen LogP contribution >= 0.6 is 11.8 Å². The molecule has 0 saturated heterocycles. The summed E-state index contributed by atoms with van der Waals surface area (Å²) in [5.74, 6) is -0.372. The fourth-order valence-electron chi connectivity index (χ4n) is 1.57. The maximum Gasteiger partial charge on any atom is 0.340 e. The van der Waals surface area contributed by atoms with Gasteiger partial charge in [-0.2, -0.15) is 11.8 Å². The van der Waals surface area contributed by atoms with Crippen molar-refractivity contribution >= 4 is 29.1 Å². The minimum Gasteiger partial charge on any atom is -0.465 e. The Morgan fingerprint density at radius 1 is 1.56 bits per heavy atom. The minimum atomic E-state index is -0.372. The standard InChI is InChI=1S/C13H20N2O2S/c1-9(18-3)7-8-15-12-10(13(16)17-2)5-4-6-11(12)14/h4-6,9,15H,7-8,14H2,1-3H3. The van der Waals surface area contributed by atoms with Crippen LogP contribution in [-0.4, -0.2) is 31.1 Å². The molecule has 3 N–H and O–H groups in total. The van der Waals surface area contributed by atoms with Crippen LogP contribution in [0.15, 0.2) is 18.2 Å². The maximum absolute atomic E-state index is 11.6. The summed E-state index contributed by atoms with van der Waals surface area (Å²) in [5, 5.41) is 3.80. The highest BCUT2D eigenvalue weighted by Gasteiger charge is 2.13. The Morgan fingerprint density at radius 2 is 2.28 bits per heavy atom. The molecular weight excluding hydrogens is 248 g/mol. The van der Waals surface area contributed by atoms with E-state index in [1.54, 1.807) is 18.2 Å². The van der Waals surface area contributed by atoms with E-state index >= 15 is 0 Å². The van der Waals surface area contributed by atoms with Crippen LogP contribution in [0.4, 0.5) is 11.4 Å². The highest BCUT2D eigenvalue weighted by atomic mass is 32.2. The van der Waals surface area contributed by atoms with Gasteiger partial charge in [-0.05, 0) is 24.8 Å². The second kappa shape index (κ2) is 7.16. The lowest BCUT2D eigenvalue weighted by Gasteiger charge is -2.14. The molecule has 1 aromatic carbocycles. The van der Waals surface area contributed by atoms with Crippen molar-refractivity contribution in [1.29, 1.82) is 0 Å². The van der Waals surface area contributed by atoms with Gasteiger partial charge in [-0.25, -0.2) is 4.79 Å². The molecule has 18 heavy (non-hydrogen) atoms. The number of anilines is 2. The Labute approximate surface area is 112 Å². The third-order valence-electron chi connectivity index (χ3n) is 2.76. The highest BCUT2D eigenvalue weighted by molar-refractivity contribution is 7.99. The van der Waals surface area contributed by atoms with Crippen LogP contribution in [0.1, 0.15) is 23.7 Å². The number of esters is 1. The number of para-hydroxylation sites is 1. The second-order valence-electron chi connectivity index (χ2n) is 4.02. The quantitative estimate of drug-likeness (QED) is 0.613. The summed E-state index contributed by atoms with van der Waals surface area (Å²) < 4.78 is 4.74. The zero-order valence-electron chi connectivity index (χ0n) is 11.0. The van der Waals surface area contributed by atoms with Crippen LogP contribution in [0, 0.1) is 0 Å². The number of carbonyl (C=O) groups is 1. The summed E-state index contributed by atoms with van der Waals surface area (Å²) >= 11 is 1.82. The van der Waals surface area contributed by atoms with Crippen LogP contribution in [0.3, 0.4) is 0 Å². The lowest BCUT2D eigenvalue weighted by molar-refractivity contribution is 0.0602. The zero-order chi connectivity index (χ0) is 13.5. The number of methoxy groups -OCH3 is 1. The number of nitrogens with two attached hydrogens (primary N) is 1. The van der Waals surface area contributed by atoms with Gasteiger partial charge in [0.1, 0.15) is 0 Å². The van der Waals surface area contributed by atoms with Crippen LogP contribution in [0.25, 0.3) is 0 Å². The lowest BCUT2D eigenvalue weighted by atomic mass is 10.1. The number of thioether (sulfide) groups is 1. The van der Waals surface area contributed by atoms with Gasteiger partial charge < -0.3 is 15.8 Å². The van der Waals surface area contributed by atoms with Crippen LogP contribution < -0.4 is 11.1 Å². The summed E-state index contributed by atoms with van der Waals surface area (Å²) in [6, 6.07) is 5.23. The smallest absolute Gasteiger partial charge is 0.340 e. The van der Waals surface area contributed by atoms with Gasteiger partial charge in [0.2, 0.25) is 0 Å². The van der Waals surface area contributed by atoms with Gasteiger partial charge in [-0.1, -0.05) is 13.0 Å². The van der Waals surface area contributed by atoms with E-state index in [1.165, 1.54) is 7.11 Å². The van der Waals surface area contributed by atoms with E-state index in [4.69, 9.17) is 10.5 Å². The zero-order valence-corrected chi connectivity index (χ0v) is 11.8. The van der Waals surface area contributed by atoms with Gasteiger partial charge in [0.25, 0.3) is 0 Å². The number of benzene rings is 1. The van der Waals surface area contributed by atoms with Crippen molar-refractivity contribution in [2.45, 2.75) is 18.6 Å². The average Bonchev–Trinajstić information content (AvgIpc) is 2.39. The van der Waals surface area contributed by atoms with Crippen molar-refractivity contribution in [3.63, 3.8) is 0 Å². The van der Waals surface area contributed by atoms with E-state index in [1.807, 2.05) is 11.8 Å². The molecule has 0 saturated carbocycles. The number of carbonyl (C=O) groups excluding carboxylic acids is 1. The van der Waals surface area contributed by atoms with Gasteiger partial charge in [0.15, 0.2) is 0 Å². The number of hydrogen-bond acceptors (Lipinski definition) is 5. The molecule has 0 spiro atoms. The monoisotopic (exact) mass is 268 g/mol. The van der Waals surface area contributed by atoms with Gasteiger partial charge >= 0.3 is 5.97 Å². The van der Waals surface area contributed by atoms with Crippen molar-refractivity contribution in [3.05, 3.63) is 23.8 Å². The molecule has 1 unspecified atom stereocenters. The van der Waals surface area contributed by atoms with Crippen LogP contribution in [0.5, 0.6) is 0 Å². The number of ether oxygens (including phenoxy) is 1. The number of rotatable bonds is 6. The van der Waals surface area contributed by atoms with E-state index in [9.17, 15) is 4.79 Å². The van der Waals surface area contributed by atoms with E-state index < -0.39 is 0 Å². The summed E-state index contributed by atoms with van der Waals surface area (Å²) in [4.78, 5) is 11.6. The molecule has 0 aliphatic rings. The van der Waals surface area contributed by atoms with E-state index in [2.05, 4.69) is 18.5 Å².